The number of carbonyl (C=O) groups excluding carboxylic acids is 4. The zero-order valence-corrected chi connectivity index (χ0v) is 31.4. The van der Waals surface area contributed by atoms with E-state index < -0.39 is 36.0 Å². The number of aliphatic hydroxyl groups excluding tert-OH is 1. The number of aromatic nitrogens is 2. The predicted molar refractivity (Wildman–Crippen MR) is 208 cm³/mol. The topological polar surface area (TPSA) is 165 Å². The number of H-pyrrole nitrogens is 1. The van der Waals surface area contributed by atoms with Gasteiger partial charge in [0.15, 0.2) is 0 Å². The van der Waals surface area contributed by atoms with Gasteiger partial charge in [0.2, 0.25) is 23.6 Å². The molecule has 0 spiro atoms. The molecule has 0 saturated carbocycles. The molecule has 4 aromatic rings. The molecular formula is C42H56N6O5. The second-order valence-corrected chi connectivity index (χ2v) is 14.5. The highest BCUT2D eigenvalue weighted by Gasteiger charge is 2.31. The molecular weight excluding hydrogens is 668 g/mol. The molecule has 0 saturated heterocycles. The Hall–Kier alpha value is -5.03. The van der Waals surface area contributed by atoms with E-state index >= 15 is 0 Å². The highest BCUT2D eigenvalue weighted by Crippen LogP contribution is 2.20. The molecule has 1 unspecified atom stereocenters. The maximum Gasteiger partial charge on any atom is 0.243 e. The van der Waals surface area contributed by atoms with E-state index in [-0.39, 0.29) is 43.4 Å². The standard InChI is InChI=1S/C42H56N6O5/c1-5-29(4)25-44-40(51)24-38(49)35(21-28(2)3)47-42(53)37(23-33-26-43-27-45-33)48-41(52)36(22-32-18-12-17-31-16-9-10-19-34(31)32)46-39(50)20-11-15-30-13-7-6-8-14-30/h6-10,12-14,16-19,26-29,35-38,49H,5,11,15,20-25H2,1-4H3,(H,43,45)(H,44,51)(H,46,50)(H,47,53)(H,48,52)/t29?,35-,36-,37-,38-/m0/s1. The largest absolute Gasteiger partial charge is 0.390 e. The van der Waals surface area contributed by atoms with Crippen LogP contribution in [0.4, 0.5) is 0 Å². The van der Waals surface area contributed by atoms with Crippen LogP contribution in [0.15, 0.2) is 85.3 Å². The number of fused-ring (bicyclic) bond motifs is 1. The Balaban J connectivity index is 1.53. The zero-order valence-electron chi connectivity index (χ0n) is 31.4. The number of hydrogen-bond donors (Lipinski definition) is 6. The van der Waals surface area contributed by atoms with Gasteiger partial charge in [0.05, 0.1) is 30.6 Å². The second-order valence-electron chi connectivity index (χ2n) is 14.5. The summed E-state index contributed by atoms with van der Waals surface area (Å²) in [5.74, 6) is -1.20. The Labute approximate surface area is 313 Å². The monoisotopic (exact) mass is 724 g/mol. The van der Waals surface area contributed by atoms with Crippen LogP contribution in [0.25, 0.3) is 10.8 Å². The van der Waals surface area contributed by atoms with E-state index in [0.29, 0.717) is 31.0 Å². The summed E-state index contributed by atoms with van der Waals surface area (Å²) in [6.07, 6.45) is 4.98. The molecule has 0 radical (unpaired) electrons. The molecule has 11 nitrogen and oxygen atoms in total. The smallest absolute Gasteiger partial charge is 0.243 e. The van der Waals surface area contributed by atoms with Crippen molar-refractivity contribution < 1.29 is 24.3 Å². The highest BCUT2D eigenvalue weighted by molar-refractivity contribution is 5.93. The van der Waals surface area contributed by atoms with Crippen LogP contribution in [0.1, 0.15) is 76.6 Å². The van der Waals surface area contributed by atoms with Crippen molar-refractivity contribution >= 4 is 34.4 Å². The third-order valence-electron chi connectivity index (χ3n) is 9.53. The quantitative estimate of drug-likeness (QED) is 0.0724. The summed E-state index contributed by atoms with van der Waals surface area (Å²) in [6, 6.07) is 20.8. The first-order chi connectivity index (χ1) is 25.5. The summed E-state index contributed by atoms with van der Waals surface area (Å²) >= 11 is 0. The van der Waals surface area contributed by atoms with Crippen LogP contribution in [0.3, 0.4) is 0 Å². The number of aromatic amines is 1. The van der Waals surface area contributed by atoms with Gasteiger partial charge < -0.3 is 31.4 Å². The van der Waals surface area contributed by atoms with Gasteiger partial charge in [0, 0.05) is 32.0 Å². The van der Waals surface area contributed by atoms with Crippen molar-refractivity contribution in [2.75, 3.05) is 6.54 Å². The summed E-state index contributed by atoms with van der Waals surface area (Å²) in [5, 5.41) is 24.8. The average Bonchev–Trinajstić information content (AvgIpc) is 3.66. The molecule has 0 aliphatic carbocycles. The summed E-state index contributed by atoms with van der Waals surface area (Å²) in [7, 11) is 0. The Morgan fingerprint density at radius 3 is 2.23 bits per heavy atom. The number of nitrogens with one attached hydrogen (secondary N) is 5. The maximum absolute atomic E-state index is 14.2. The fraction of sp³-hybridized carbons (Fsp3) is 0.452. The Morgan fingerprint density at radius 1 is 0.811 bits per heavy atom. The second kappa shape index (κ2) is 20.9. The van der Waals surface area contributed by atoms with Crippen LogP contribution in [0.2, 0.25) is 0 Å². The van der Waals surface area contributed by atoms with Crippen LogP contribution < -0.4 is 21.3 Å². The van der Waals surface area contributed by atoms with E-state index in [9.17, 15) is 24.3 Å². The fourth-order valence-electron chi connectivity index (χ4n) is 6.30. The van der Waals surface area contributed by atoms with Crippen molar-refractivity contribution in [3.63, 3.8) is 0 Å². The number of amides is 4. The minimum atomic E-state index is -1.14. The van der Waals surface area contributed by atoms with Crippen molar-refractivity contribution in [2.45, 2.75) is 103 Å². The summed E-state index contributed by atoms with van der Waals surface area (Å²) in [4.78, 5) is 61.5. The van der Waals surface area contributed by atoms with E-state index in [1.165, 1.54) is 6.33 Å². The molecule has 0 aliphatic heterocycles. The number of carbonyl (C=O) groups is 4. The molecule has 5 atom stereocenters. The molecule has 0 fully saturated rings. The third kappa shape index (κ3) is 13.5. The van der Waals surface area contributed by atoms with E-state index in [2.05, 4.69) is 31.2 Å². The van der Waals surface area contributed by atoms with E-state index in [1.807, 2.05) is 100 Å². The lowest BCUT2D eigenvalue weighted by molar-refractivity contribution is -0.133. The number of nitrogens with zero attached hydrogens (tertiary/aromatic N) is 1. The minimum absolute atomic E-state index is 0.0625. The van der Waals surface area contributed by atoms with Gasteiger partial charge in [0.1, 0.15) is 12.1 Å². The minimum Gasteiger partial charge on any atom is -0.390 e. The van der Waals surface area contributed by atoms with Gasteiger partial charge in [-0.3, -0.25) is 19.2 Å². The third-order valence-corrected chi connectivity index (χ3v) is 9.53. The molecule has 284 valence electrons. The average molecular weight is 725 g/mol. The van der Waals surface area contributed by atoms with Crippen molar-refractivity contribution in [1.82, 2.24) is 31.2 Å². The molecule has 11 heteroatoms. The summed E-state index contributed by atoms with van der Waals surface area (Å²) in [6.45, 7) is 8.53. The molecule has 4 amide bonds. The first-order valence-electron chi connectivity index (χ1n) is 18.8. The van der Waals surface area contributed by atoms with Gasteiger partial charge in [0.25, 0.3) is 0 Å². The van der Waals surface area contributed by atoms with Gasteiger partial charge >= 0.3 is 0 Å². The first-order valence-corrected chi connectivity index (χ1v) is 18.8. The number of aliphatic hydroxyl groups is 1. The predicted octanol–water partition coefficient (Wildman–Crippen LogP) is 4.78. The van der Waals surface area contributed by atoms with E-state index in [1.54, 1.807) is 6.20 Å². The molecule has 4 rings (SSSR count). The fourth-order valence-corrected chi connectivity index (χ4v) is 6.30. The lowest BCUT2D eigenvalue weighted by Crippen LogP contribution is -2.57. The van der Waals surface area contributed by atoms with Gasteiger partial charge in [-0.15, -0.1) is 0 Å². The van der Waals surface area contributed by atoms with Crippen LogP contribution in [-0.4, -0.2) is 69.5 Å². The number of aryl methyl sites for hydroxylation is 1. The van der Waals surface area contributed by atoms with Crippen LogP contribution >= 0.6 is 0 Å². The molecule has 1 aromatic heterocycles. The Morgan fingerprint density at radius 2 is 1.51 bits per heavy atom. The molecule has 3 aromatic carbocycles. The lowest BCUT2D eigenvalue weighted by Gasteiger charge is -2.29. The van der Waals surface area contributed by atoms with Crippen LogP contribution in [0.5, 0.6) is 0 Å². The lowest BCUT2D eigenvalue weighted by atomic mass is 9.96. The zero-order chi connectivity index (χ0) is 38.2. The van der Waals surface area contributed by atoms with Crippen molar-refractivity contribution in [2.24, 2.45) is 11.8 Å². The van der Waals surface area contributed by atoms with Crippen LogP contribution in [0, 0.1) is 11.8 Å². The van der Waals surface area contributed by atoms with Gasteiger partial charge in [-0.2, -0.15) is 0 Å². The Bertz CT molecular complexity index is 1740. The molecule has 1 heterocycles. The number of imidazole rings is 1. The molecule has 0 aliphatic rings. The van der Waals surface area contributed by atoms with E-state index in [0.717, 1.165) is 34.7 Å². The van der Waals surface area contributed by atoms with E-state index in [4.69, 9.17) is 0 Å². The molecule has 6 N–H and O–H groups in total. The van der Waals surface area contributed by atoms with Gasteiger partial charge in [-0.05, 0) is 53.0 Å². The molecule has 0 bridgehead atoms. The van der Waals surface area contributed by atoms with Gasteiger partial charge in [-0.1, -0.05) is 107 Å². The molecule has 53 heavy (non-hydrogen) atoms. The Kier molecular flexibility index (Phi) is 16.0. The number of hydrogen-bond acceptors (Lipinski definition) is 6. The van der Waals surface area contributed by atoms with Crippen molar-refractivity contribution in [1.29, 1.82) is 0 Å². The summed E-state index contributed by atoms with van der Waals surface area (Å²) in [5.41, 5.74) is 2.56. The van der Waals surface area contributed by atoms with Crippen molar-refractivity contribution in [3.8, 4) is 0 Å². The van der Waals surface area contributed by atoms with Crippen LogP contribution in [-0.2, 0) is 38.4 Å². The number of rotatable bonds is 21. The SMILES string of the molecule is CCC(C)CNC(=O)C[C@H](O)[C@H](CC(C)C)NC(=O)[C@H](Cc1c[nH]cn1)NC(=O)[C@H](Cc1cccc2ccccc12)NC(=O)CCCc1ccccc1. The summed E-state index contributed by atoms with van der Waals surface area (Å²) < 4.78 is 0. The van der Waals surface area contributed by atoms with Gasteiger partial charge in [-0.25, -0.2) is 4.98 Å². The number of benzene rings is 3. The highest BCUT2D eigenvalue weighted by atomic mass is 16.3. The normalized spacial score (nSPS) is 14.2. The first kappa shape index (κ1) is 40.7. The van der Waals surface area contributed by atoms with Crippen molar-refractivity contribution in [3.05, 3.63) is 102 Å². The maximum atomic E-state index is 14.2.